The van der Waals surface area contributed by atoms with Gasteiger partial charge in [-0.15, -0.1) is 0 Å². The maximum atomic E-state index is 10.5. The predicted molar refractivity (Wildman–Crippen MR) is 82.1 cm³/mol. The maximum Gasteiger partial charge on any atom is 0.328 e. The molecular weight excluding hydrogens is 320 g/mol. The highest BCUT2D eigenvalue weighted by Gasteiger charge is 2.01. The van der Waals surface area contributed by atoms with Gasteiger partial charge in [-0.3, -0.25) is 0 Å². The van der Waals surface area contributed by atoms with Crippen molar-refractivity contribution < 1.29 is 14.6 Å². The topological polar surface area (TPSA) is 46.5 Å². The van der Waals surface area contributed by atoms with Crippen molar-refractivity contribution in [1.82, 2.24) is 0 Å². The van der Waals surface area contributed by atoms with Crippen LogP contribution < -0.4 is 4.74 Å². The second kappa shape index (κ2) is 6.39. The van der Waals surface area contributed by atoms with Gasteiger partial charge in [0, 0.05) is 10.5 Å². The summed E-state index contributed by atoms with van der Waals surface area (Å²) in [6.45, 7) is 1.99. The number of rotatable bonds is 4. The van der Waals surface area contributed by atoms with Gasteiger partial charge in [0.2, 0.25) is 0 Å². The van der Waals surface area contributed by atoms with Crippen molar-refractivity contribution in [2.75, 3.05) is 0 Å². The lowest BCUT2D eigenvalue weighted by atomic mass is 10.2. The molecule has 1 N–H and O–H groups in total. The van der Waals surface area contributed by atoms with Crippen molar-refractivity contribution in [3.05, 3.63) is 64.1 Å². The lowest BCUT2D eigenvalue weighted by molar-refractivity contribution is -0.131. The molecule has 0 saturated carbocycles. The molecule has 0 heterocycles. The molecule has 0 saturated heterocycles. The Balaban J connectivity index is 2.19. The lowest BCUT2D eigenvalue weighted by Crippen LogP contribution is -1.87. The summed E-state index contributed by atoms with van der Waals surface area (Å²) in [4.78, 5) is 10.5. The van der Waals surface area contributed by atoms with Crippen LogP contribution >= 0.6 is 15.9 Å². The van der Waals surface area contributed by atoms with Crippen molar-refractivity contribution in [3.63, 3.8) is 0 Å². The Morgan fingerprint density at radius 1 is 1.20 bits per heavy atom. The van der Waals surface area contributed by atoms with E-state index < -0.39 is 5.97 Å². The predicted octanol–water partition coefficient (Wildman–Crippen LogP) is 4.65. The van der Waals surface area contributed by atoms with Crippen LogP contribution in [0.15, 0.2) is 53.0 Å². The van der Waals surface area contributed by atoms with Crippen molar-refractivity contribution in [3.8, 4) is 11.5 Å². The average molecular weight is 333 g/mol. The third kappa shape index (κ3) is 3.96. The summed E-state index contributed by atoms with van der Waals surface area (Å²) in [6, 6.07) is 13.0. The van der Waals surface area contributed by atoms with Crippen LogP contribution in [0.1, 0.15) is 11.1 Å². The van der Waals surface area contributed by atoms with Gasteiger partial charge in [-0.05, 0) is 54.5 Å². The van der Waals surface area contributed by atoms with Crippen LogP contribution in [0.3, 0.4) is 0 Å². The largest absolute Gasteiger partial charge is 0.478 e. The highest BCUT2D eigenvalue weighted by atomic mass is 79.9. The number of ether oxygens (including phenoxy) is 1. The van der Waals surface area contributed by atoms with Gasteiger partial charge in [-0.25, -0.2) is 4.79 Å². The first-order valence-electron chi connectivity index (χ1n) is 6.00. The van der Waals surface area contributed by atoms with Gasteiger partial charge in [0.15, 0.2) is 0 Å². The van der Waals surface area contributed by atoms with Crippen molar-refractivity contribution in [2.45, 2.75) is 6.92 Å². The van der Waals surface area contributed by atoms with Crippen LogP contribution in [0.5, 0.6) is 11.5 Å². The monoisotopic (exact) mass is 332 g/mol. The Labute approximate surface area is 125 Å². The zero-order valence-electron chi connectivity index (χ0n) is 10.8. The molecule has 2 aromatic carbocycles. The second-order valence-electron chi connectivity index (χ2n) is 4.26. The summed E-state index contributed by atoms with van der Waals surface area (Å²) >= 11 is 3.44. The summed E-state index contributed by atoms with van der Waals surface area (Å²) in [5.41, 5.74) is 1.86. The number of halogens is 1. The summed E-state index contributed by atoms with van der Waals surface area (Å²) < 4.78 is 6.79. The van der Waals surface area contributed by atoms with Crippen LogP contribution in [-0.4, -0.2) is 11.1 Å². The van der Waals surface area contributed by atoms with E-state index in [0.717, 1.165) is 27.4 Å². The third-order valence-corrected chi connectivity index (χ3v) is 3.53. The standard InChI is InChI=1S/C16H13BrO3/c1-11-9-14(6-7-15(11)17)20-13-4-2-3-12(10-13)5-8-16(18)19/h2-10H,1H3,(H,18,19)/b8-5+. The van der Waals surface area contributed by atoms with E-state index in [1.807, 2.05) is 43.3 Å². The van der Waals surface area contributed by atoms with Crippen LogP contribution in [0, 0.1) is 6.92 Å². The van der Waals surface area contributed by atoms with E-state index in [2.05, 4.69) is 15.9 Å². The van der Waals surface area contributed by atoms with Crippen molar-refractivity contribution in [1.29, 1.82) is 0 Å². The van der Waals surface area contributed by atoms with Gasteiger partial charge < -0.3 is 9.84 Å². The van der Waals surface area contributed by atoms with E-state index in [9.17, 15) is 4.79 Å². The smallest absolute Gasteiger partial charge is 0.328 e. The van der Waals surface area contributed by atoms with Crippen molar-refractivity contribution >= 4 is 28.0 Å². The minimum atomic E-state index is -0.972. The number of benzene rings is 2. The molecule has 4 heteroatoms. The molecule has 102 valence electrons. The lowest BCUT2D eigenvalue weighted by Gasteiger charge is -2.08. The van der Waals surface area contributed by atoms with E-state index in [1.165, 1.54) is 6.08 Å². The zero-order chi connectivity index (χ0) is 14.5. The molecular formula is C16H13BrO3. The summed E-state index contributed by atoms with van der Waals surface area (Å²) in [6.07, 6.45) is 2.63. The molecule has 2 aromatic rings. The molecule has 2 rings (SSSR count). The van der Waals surface area contributed by atoms with E-state index >= 15 is 0 Å². The molecule has 0 atom stereocenters. The minimum Gasteiger partial charge on any atom is -0.478 e. The fourth-order valence-corrected chi connectivity index (χ4v) is 1.91. The van der Waals surface area contributed by atoms with Crippen molar-refractivity contribution in [2.24, 2.45) is 0 Å². The minimum absolute atomic E-state index is 0.666. The number of hydrogen-bond donors (Lipinski definition) is 1. The molecule has 0 amide bonds. The highest BCUT2D eigenvalue weighted by Crippen LogP contribution is 2.26. The molecule has 20 heavy (non-hydrogen) atoms. The van der Waals surface area contributed by atoms with Gasteiger partial charge in [0.05, 0.1) is 0 Å². The number of hydrogen-bond acceptors (Lipinski definition) is 2. The molecule has 0 aromatic heterocycles. The molecule has 0 aliphatic carbocycles. The highest BCUT2D eigenvalue weighted by molar-refractivity contribution is 9.10. The Hall–Kier alpha value is -2.07. The van der Waals surface area contributed by atoms with E-state index in [0.29, 0.717) is 5.75 Å². The second-order valence-corrected chi connectivity index (χ2v) is 5.11. The number of carbonyl (C=O) groups is 1. The molecule has 0 radical (unpaired) electrons. The van der Waals surface area contributed by atoms with E-state index in [-0.39, 0.29) is 0 Å². The number of carboxylic acid groups (broad SMARTS) is 1. The Morgan fingerprint density at radius 2 is 1.95 bits per heavy atom. The van der Waals surface area contributed by atoms with Gasteiger partial charge >= 0.3 is 5.97 Å². The Morgan fingerprint density at radius 3 is 2.65 bits per heavy atom. The molecule has 0 aliphatic rings. The van der Waals surface area contributed by atoms with Crippen LogP contribution in [0.4, 0.5) is 0 Å². The molecule has 0 spiro atoms. The molecule has 0 fully saturated rings. The van der Waals surface area contributed by atoms with Gasteiger partial charge in [0.1, 0.15) is 11.5 Å². The van der Waals surface area contributed by atoms with Gasteiger partial charge in [-0.2, -0.15) is 0 Å². The summed E-state index contributed by atoms with van der Waals surface area (Å²) in [7, 11) is 0. The molecule has 0 bridgehead atoms. The Kier molecular flexibility index (Phi) is 4.58. The fourth-order valence-electron chi connectivity index (χ4n) is 1.67. The zero-order valence-corrected chi connectivity index (χ0v) is 12.4. The van der Waals surface area contributed by atoms with Crippen LogP contribution in [0.2, 0.25) is 0 Å². The van der Waals surface area contributed by atoms with Gasteiger partial charge in [0.25, 0.3) is 0 Å². The average Bonchev–Trinajstić information content (AvgIpc) is 2.41. The number of carboxylic acids is 1. The Bertz CT molecular complexity index is 663. The van der Waals surface area contributed by atoms with Crippen LogP contribution in [0.25, 0.3) is 6.08 Å². The maximum absolute atomic E-state index is 10.5. The SMILES string of the molecule is Cc1cc(Oc2cccc(/C=C/C(=O)O)c2)ccc1Br. The first kappa shape index (κ1) is 14.3. The number of aryl methyl sites for hydroxylation is 1. The number of aliphatic carboxylic acids is 1. The normalized spacial score (nSPS) is 10.7. The first-order chi connectivity index (χ1) is 9.54. The first-order valence-corrected chi connectivity index (χ1v) is 6.79. The molecule has 3 nitrogen and oxygen atoms in total. The summed E-state index contributed by atoms with van der Waals surface area (Å²) in [5, 5.41) is 8.61. The quantitative estimate of drug-likeness (QED) is 0.829. The van der Waals surface area contributed by atoms with E-state index in [1.54, 1.807) is 6.07 Å². The van der Waals surface area contributed by atoms with Crippen LogP contribution in [-0.2, 0) is 4.79 Å². The van der Waals surface area contributed by atoms with E-state index in [4.69, 9.17) is 9.84 Å². The molecule has 0 aliphatic heterocycles. The van der Waals surface area contributed by atoms with Gasteiger partial charge in [-0.1, -0.05) is 28.1 Å². The summed E-state index contributed by atoms with van der Waals surface area (Å²) in [5.74, 6) is 0.434. The molecule has 0 unspecified atom stereocenters. The fraction of sp³-hybridized carbons (Fsp3) is 0.0625. The third-order valence-electron chi connectivity index (χ3n) is 2.64.